The van der Waals surface area contributed by atoms with Gasteiger partial charge in [-0.25, -0.2) is 4.68 Å². The van der Waals surface area contributed by atoms with Crippen molar-refractivity contribution in [3.05, 3.63) is 5.82 Å². The topological polar surface area (TPSA) is 329 Å². The molecule has 0 aromatic carbocycles. The van der Waals surface area contributed by atoms with Crippen molar-refractivity contribution < 1.29 is 67.3 Å². The van der Waals surface area contributed by atoms with Crippen molar-refractivity contribution in [3.63, 3.8) is 0 Å². The summed E-state index contributed by atoms with van der Waals surface area (Å²) in [5, 5.41) is 32.4. The number of nitrogens with zero attached hydrogens (tertiary/aromatic N) is 11. The minimum Gasteiger partial charge on any atom is -0.390 e. The van der Waals surface area contributed by atoms with Crippen LogP contribution in [0.15, 0.2) is 0 Å². The molecule has 2 fully saturated rings. The lowest BCUT2D eigenvalue weighted by Gasteiger charge is -2.40. The van der Waals surface area contributed by atoms with Crippen molar-refractivity contribution in [2.45, 2.75) is 268 Å². The van der Waals surface area contributed by atoms with Crippen molar-refractivity contribution in [1.82, 2.24) is 70.5 Å². The van der Waals surface area contributed by atoms with Gasteiger partial charge in [0.05, 0.1) is 31.5 Å². The summed E-state index contributed by atoms with van der Waals surface area (Å²) >= 11 is 0. The van der Waals surface area contributed by atoms with Crippen LogP contribution in [0.2, 0.25) is 0 Å². The zero-order valence-electron chi connectivity index (χ0n) is 65.6. The zero-order valence-corrected chi connectivity index (χ0v) is 65.6. The van der Waals surface area contributed by atoms with Crippen molar-refractivity contribution in [3.8, 4) is 0 Å². The molecule has 28 heteroatoms. The van der Waals surface area contributed by atoms with Crippen LogP contribution in [0.3, 0.4) is 0 Å². The number of aliphatic hydroxyl groups is 1. The molecule has 1 aromatic rings. The molecule has 0 unspecified atom stereocenters. The number of likely N-dealkylation sites (N-methyl/N-ethyl adjacent to an activating group) is 6. The Labute approximate surface area is 602 Å². The molecule has 101 heavy (non-hydrogen) atoms. The highest BCUT2D eigenvalue weighted by Crippen LogP contribution is 2.28. The second-order valence-corrected chi connectivity index (χ2v) is 30.7. The molecule has 2 aliphatic heterocycles. The standard InChI is InChI=1S/C73H130N14O14/c1-24-55-71(97)80(18)51(15)69(95)85(23)63(52(16)101-35-29-28-31-86-33-36-100-37-34-86)60(89)42-54(46(8)9)70(96)81(19)56(38-43(2)3)59(88)41-49(13)65(91)74-50(14)68(94)82(20)57(39-44(4)5)72(98)83(21)58(40-45(6)7)73(99)84(22)62(47(10)11)67(93)76-61(66(92)75-55)64(90)48(12)30-26-25-27-32-87-53(17)77-78-79-87/h43-52,54-58,61-64,90H,24-42H2,1-23H3,(H,74,91)(H,75,92)(H,76,93)/t48-,49-,50-,51-,52-,54+,55+,56+,57+,58+,61+,62+,63+,64-/m1/s1. The lowest BCUT2D eigenvalue weighted by atomic mass is 9.85. The SMILES string of the molecule is CC[C@@H]1NC(=O)[C@H]([C@H](O)[C@H](C)CCCCCn2nnnc2C)NC(=O)[C@H](C(C)C)N(C)C(=O)[C@H](CC(C)C)N(C)C(=O)[C@H](CC(C)C)N(C)C(=O)[C@@H](C)NC(=O)[C@H](C)CC(=O)[C@H](CC(C)C)N(C)C(=O)[C@H](C(C)C)CC(=O)[C@H]([C@@H](C)OCCCCN2CCOCC2)N(C)C(=O)[C@@H](C)N(C)C1=O. The lowest BCUT2D eigenvalue weighted by Crippen LogP contribution is -2.63. The minimum atomic E-state index is -1.70. The number of hydrogen-bond acceptors (Lipinski definition) is 18. The molecule has 1 aromatic heterocycles. The lowest BCUT2D eigenvalue weighted by molar-refractivity contribution is -0.154. The fourth-order valence-electron chi connectivity index (χ4n) is 13.6. The Bertz CT molecular complexity index is 2860. The van der Waals surface area contributed by atoms with Crippen molar-refractivity contribution in [1.29, 1.82) is 0 Å². The molecule has 0 saturated carbocycles. The van der Waals surface area contributed by atoms with E-state index in [-0.39, 0.29) is 62.9 Å². The summed E-state index contributed by atoms with van der Waals surface area (Å²) in [4.78, 5) is 174. The number of morpholine rings is 1. The predicted molar refractivity (Wildman–Crippen MR) is 385 cm³/mol. The molecule has 3 heterocycles. The van der Waals surface area contributed by atoms with E-state index in [0.29, 0.717) is 57.7 Å². The number of Topliss-reactive ketones (excluding diaryl/α,β-unsaturated/α-hetero) is 2. The highest BCUT2D eigenvalue weighted by atomic mass is 16.5. The van der Waals surface area contributed by atoms with E-state index >= 15 is 33.6 Å². The van der Waals surface area contributed by atoms with Crippen molar-refractivity contribution in [2.75, 3.05) is 81.7 Å². The highest BCUT2D eigenvalue weighted by molar-refractivity contribution is 6.00. The summed E-state index contributed by atoms with van der Waals surface area (Å²) in [5.74, 6) is -10.4. The van der Waals surface area contributed by atoms with Gasteiger partial charge in [-0.15, -0.1) is 5.10 Å². The quantitative estimate of drug-likeness (QED) is 0.103. The Balaban J connectivity index is 2.28. The molecule has 14 atom stereocenters. The largest absolute Gasteiger partial charge is 0.390 e. The maximum Gasteiger partial charge on any atom is 0.245 e. The van der Waals surface area contributed by atoms with Gasteiger partial charge in [-0.05, 0) is 132 Å². The number of carbonyl (C=O) groups excluding carboxylic acids is 11. The van der Waals surface area contributed by atoms with Crippen LogP contribution in [0.4, 0.5) is 0 Å². The van der Waals surface area contributed by atoms with Crippen LogP contribution in [0, 0.1) is 54.3 Å². The number of tetrazole rings is 1. The van der Waals surface area contributed by atoms with Crippen LogP contribution in [-0.4, -0.2) is 273 Å². The van der Waals surface area contributed by atoms with E-state index in [1.807, 2.05) is 41.5 Å². The predicted octanol–water partition coefficient (Wildman–Crippen LogP) is 4.56. The van der Waals surface area contributed by atoms with E-state index in [1.165, 1.54) is 80.6 Å². The van der Waals surface area contributed by atoms with E-state index in [0.717, 1.165) is 31.0 Å². The maximum atomic E-state index is 15.3. The number of aromatic nitrogens is 4. The van der Waals surface area contributed by atoms with Gasteiger partial charge in [-0.2, -0.15) is 0 Å². The van der Waals surface area contributed by atoms with Crippen LogP contribution >= 0.6 is 0 Å². The van der Waals surface area contributed by atoms with Crippen molar-refractivity contribution in [2.24, 2.45) is 47.3 Å². The van der Waals surface area contributed by atoms with Crippen LogP contribution in [0.1, 0.15) is 194 Å². The van der Waals surface area contributed by atoms with E-state index < -0.39 is 161 Å². The van der Waals surface area contributed by atoms with Gasteiger partial charge < -0.3 is 59.9 Å². The summed E-state index contributed by atoms with van der Waals surface area (Å²) in [5.41, 5.74) is 0. The number of ether oxygens (including phenoxy) is 2. The fraction of sp³-hybridized carbons (Fsp3) is 0.836. The van der Waals surface area contributed by atoms with E-state index in [9.17, 15) is 24.3 Å². The summed E-state index contributed by atoms with van der Waals surface area (Å²) in [6.45, 7) is 34.3. The van der Waals surface area contributed by atoms with Crippen LogP contribution in [-0.2, 0) is 68.8 Å². The molecule has 0 spiro atoms. The van der Waals surface area contributed by atoms with Crippen LogP contribution in [0.5, 0.6) is 0 Å². The number of nitrogens with one attached hydrogen (secondary N) is 3. The second kappa shape index (κ2) is 42.3. The monoisotopic (exact) mass is 1430 g/mol. The zero-order chi connectivity index (χ0) is 76.6. The van der Waals surface area contributed by atoms with E-state index in [2.05, 4.69) is 36.4 Å². The molecule has 2 aliphatic rings. The van der Waals surface area contributed by atoms with Crippen LogP contribution in [0.25, 0.3) is 0 Å². The Morgan fingerprint density at radius 2 is 1.08 bits per heavy atom. The van der Waals surface area contributed by atoms with Gasteiger partial charge >= 0.3 is 0 Å². The molecular weight excluding hydrogens is 1300 g/mol. The summed E-state index contributed by atoms with van der Waals surface area (Å²) < 4.78 is 13.6. The molecule has 28 nitrogen and oxygen atoms in total. The first-order valence-electron chi connectivity index (χ1n) is 37.1. The molecular formula is C73H130N14O14. The van der Waals surface area contributed by atoms with Gasteiger partial charge in [0, 0.05) is 93.2 Å². The number of amides is 9. The van der Waals surface area contributed by atoms with E-state index in [4.69, 9.17) is 9.47 Å². The Morgan fingerprint density at radius 3 is 1.61 bits per heavy atom. The molecule has 0 bridgehead atoms. The Hall–Kier alpha value is -6.52. The number of aryl methyl sites for hydroxylation is 2. The highest BCUT2D eigenvalue weighted by Gasteiger charge is 2.45. The van der Waals surface area contributed by atoms with Gasteiger partial charge in [-0.1, -0.05) is 103 Å². The fourth-order valence-corrected chi connectivity index (χ4v) is 13.6. The molecule has 9 amide bonds. The van der Waals surface area contributed by atoms with Gasteiger partial charge in [0.15, 0.2) is 11.6 Å². The molecule has 2 saturated heterocycles. The average Bonchev–Trinajstić information content (AvgIpc) is 1.07. The van der Waals surface area contributed by atoms with Gasteiger partial charge in [0.25, 0.3) is 0 Å². The summed E-state index contributed by atoms with van der Waals surface area (Å²) in [7, 11) is 8.71. The third-order valence-electron chi connectivity index (χ3n) is 20.3. The van der Waals surface area contributed by atoms with Gasteiger partial charge in [-0.3, -0.25) is 57.6 Å². The van der Waals surface area contributed by atoms with Gasteiger partial charge in [0.2, 0.25) is 53.2 Å². The normalized spacial score (nSPS) is 26.6. The third-order valence-corrected chi connectivity index (χ3v) is 20.3. The number of carbonyl (C=O) groups is 11. The molecule has 0 radical (unpaired) electrons. The third kappa shape index (κ3) is 26.0. The first kappa shape index (κ1) is 88.7. The van der Waals surface area contributed by atoms with E-state index in [1.54, 1.807) is 67.0 Å². The molecule has 4 N–H and O–H groups in total. The second-order valence-electron chi connectivity index (χ2n) is 30.7. The first-order chi connectivity index (χ1) is 47.2. The Morgan fingerprint density at radius 1 is 0.545 bits per heavy atom. The summed E-state index contributed by atoms with van der Waals surface area (Å²) in [6.07, 6.45) is 1.20. The Kier molecular flexibility index (Phi) is 37.1. The average molecular weight is 1430 g/mol. The number of hydrogen-bond donors (Lipinski definition) is 4. The molecule has 0 aliphatic carbocycles. The number of rotatable bonds is 24. The number of ketones is 2. The smallest absolute Gasteiger partial charge is 0.245 e. The van der Waals surface area contributed by atoms with Crippen LogP contribution < -0.4 is 16.0 Å². The molecule has 3 rings (SSSR count). The first-order valence-corrected chi connectivity index (χ1v) is 37.1. The number of unbranched alkanes of at least 4 members (excludes halogenated alkanes) is 3. The molecule has 576 valence electrons. The maximum absolute atomic E-state index is 15.3. The van der Waals surface area contributed by atoms with Crippen molar-refractivity contribution >= 4 is 64.7 Å². The minimum absolute atomic E-state index is 0.0106. The number of aliphatic hydroxyl groups excluding tert-OH is 1. The van der Waals surface area contributed by atoms with Gasteiger partial charge in [0.1, 0.15) is 54.2 Å². The summed E-state index contributed by atoms with van der Waals surface area (Å²) in [6, 6.07) is -11.4.